The Kier molecular flexibility index (Phi) is 7.04. The molecule has 1 heterocycles. The standard InChI is InChI=1S/C25H22FN3O3S/c1-16(31-22-15-9-7-13-20(22)26)24-28-29-25(32-24)33-17(2)23(30)27-21-14-8-6-12-19(21)18-10-4-3-5-11-18/h3-17H,1-2H3,(H,27,30)/t16-,17+/m1/s1. The van der Waals surface area contributed by atoms with Gasteiger partial charge in [0.25, 0.3) is 11.1 Å². The fourth-order valence-electron chi connectivity index (χ4n) is 3.11. The van der Waals surface area contributed by atoms with Crippen LogP contribution in [0.2, 0.25) is 0 Å². The van der Waals surface area contributed by atoms with E-state index in [1.54, 1.807) is 26.0 Å². The van der Waals surface area contributed by atoms with E-state index in [1.807, 2.05) is 54.6 Å². The third-order valence-electron chi connectivity index (χ3n) is 4.83. The number of para-hydroxylation sites is 2. The van der Waals surface area contributed by atoms with E-state index in [0.29, 0.717) is 0 Å². The highest BCUT2D eigenvalue weighted by molar-refractivity contribution is 8.00. The predicted octanol–water partition coefficient (Wildman–Crippen LogP) is 6.14. The fraction of sp³-hybridized carbons (Fsp3) is 0.160. The van der Waals surface area contributed by atoms with Crippen molar-refractivity contribution in [3.05, 3.63) is 90.6 Å². The predicted molar refractivity (Wildman–Crippen MR) is 126 cm³/mol. The fourth-order valence-corrected chi connectivity index (χ4v) is 3.80. The summed E-state index contributed by atoms with van der Waals surface area (Å²) in [5, 5.41) is 10.7. The highest BCUT2D eigenvalue weighted by Crippen LogP contribution is 2.30. The van der Waals surface area contributed by atoms with Crippen molar-refractivity contribution in [2.75, 3.05) is 5.32 Å². The molecular weight excluding hydrogens is 441 g/mol. The number of carbonyl (C=O) groups is 1. The first-order valence-electron chi connectivity index (χ1n) is 10.4. The van der Waals surface area contributed by atoms with E-state index in [2.05, 4.69) is 15.5 Å². The summed E-state index contributed by atoms with van der Waals surface area (Å²) in [5.41, 5.74) is 2.67. The number of halogens is 1. The van der Waals surface area contributed by atoms with Crippen molar-refractivity contribution in [3.63, 3.8) is 0 Å². The van der Waals surface area contributed by atoms with Crippen molar-refractivity contribution in [2.24, 2.45) is 0 Å². The smallest absolute Gasteiger partial charge is 0.277 e. The molecule has 168 valence electrons. The van der Waals surface area contributed by atoms with Crippen LogP contribution >= 0.6 is 11.8 Å². The molecule has 1 N–H and O–H groups in total. The first-order valence-corrected chi connectivity index (χ1v) is 11.3. The monoisotopic (exact) mass is 463 g/mol. The van der Waals surface area contributed by atoms with Crippen molar-refractivity contribution < 1.29 is 18.3 Å². The van der Waals surface area contributed by atoms with Gasteiger partial charge in [-0.05, 0) is 37.6 Å². The quantitative estimate of drug-likeness (QED) is 0.317. The lowest BCUT2D eigenvalue weighted by atomic mass is 10.0. The molecule has 1 amide bonds. The maximum atomic E-state index is 13.8. The van der Waals surface area contributed by atoms with Crippen molar-refractivity contribution in [1.82, 2.24) is 10.2 Å². The van der Waals surface area contributed by atoms with Gasteiger partial charge in [-0.25, -0.2) is 4.39 Å². The number of aromatic nitrogens is 2. The van der Waals surface area contributed by atoms with Crippen LogP contribution in [0.4, 0.5) is 10.1 Å². The van der Waals surface area contributed by atoms with Crippen molar-refractivity contribution in [2.45, 2.75) is 30.4 Å². The Morgan fingerprint density at radius 2 is 1.67 bits per heavy atom. The summed E-state index contributed by atoms with van der Waals surface area (Å²) >= 11 is 1.14. The molecule has 0 radical (unpaired) electrons. The first-order chi connectivity index (χ1) is 16.0. The molecule has 3 aromatic carbocycles. The second-order valence-corrected chi connectivity index (χ2v) is 8.55. The number of thioether (sulfide) groups is 1. The zero-order valence-electron chi connectivity index (χ0n) is 18.1. The molecule has 8 heteroatoms. The summed E-state index contributed by atoms with van der Waals surface area (Å²) in [6, 6.07) is 23.6. The number of hydrogen-bond acceptors (Lipinski definition) is 6. The second kappa shape index (κ2) is 10.3. The summed E-state index contributed by atoms with van der Waals surface area (Å²) < 4.78 is 25.0. The molecule has 2 atom stereocenters. The molecule has 0 saturated heterocycles. The molecule has 0 aliphatic rings. The van der Waals surface area contributed by atoms with Crippen LogP contribution in [0.15, 0.2) is 88.5 Å². The van der Waals surface area contributed by atoms with Gasteiger partial charge in [-0.3, -0.25) is 4.79 Å². The largest absolute Gasteiger partial charge is 0.478 e. The Morgan fingerprint density at radius 3 is 2.45 bits per heavy atom. The number of carbonyl (C=O) groups excluding carboxylic acids is 1. The van der Waals surface area contributed by atoms with Gasteiger partial charge < -0.3 is 14.5 Å². The highest BCUT2D eigenvalue weighted by Gasteiger charge is 2.22. The lowest BCUT2D eigenvalue weighted by molar-refractivity contribution is -0.115. The molecule has 0 fully saturated rings. The Hall–Kier alpha value is -3.65. The Labute approximate surface area is 195 Å². The molecule has 4 rings (SSSR count). The molecule has 33 heavy (non-hydrogen) atoms. The van der Waals surface area contributed by atoms with Crippen LogP contribution in [0, 0.1) is 5.82 Å². The van der Waals surface area contributed by atoms with Crippen LogP contribution < -0.4 is 10.1 Å². The Morgan fingerprint density at radius 1 is 0.970 bits per heavy atom. The molecule has 0 bridgehead atoms. The van der Waals surface area contributed by atoms with Gasteiger partial charge in [-0.15, -0.1) is 10.2 Å². The zero-order valence-corrected chi connectivity index (χ0v) is 18.9. The number of ether oxygens (including phenoxy) is 1. The number of rotatable bonds is 8. The lowest BCUT2D eigenvalue weighted by Gasteiger charge is -2.14. The van der Waals surface area contributed by atoms with Gasteiger partial charge in [0, 0.05) is 11.3 Å². The van der Waals surface area contributed by atoms with E-state index in [4.69, 9.17) is 9.15 Å². The van der Waals surface area contributed by atoms with Gasteiger partial charge in [0.05, 0.1) is 5.25 Å². The van der Waals surface area contributed by atoms with E-state index < -0.39 is 17.2 Å². The lowest BCUT2D eigenvalue weighted by Crippen LogP contribution is -2.22. The molecule has 6 nitrogen and oxygen atoms in total. The van der Waals surface area contributed by atoms with E-state index >= 15 is 0 Å². The number of nitrogens with one attached hydrogen (secondary N) is 1. The SMILES string of the molecule is C[C@H](Sc1nnc([C@@H](C)Oc2ccccc2F)o1)C(=O)Nc1ccccc1-c1ccccc1. The molecule has 0 saturated carbocycles. The average Bonchev–Trinajstić information content (AvgIpc) is 3.30. The average molecular weight is 464 g/mol. The molecule has 0 aliphatic carbocycles. The number of nitrogens with zero attached hydrogens (tertiary/aromatic N) is 2. The van der Waals surface area contributed by atoms with Gasteiger partial charge in [0.15, 0.2) is 17.7 Å². The molecule has 4 aromatic rings. The Balaban J connectivity index is 1.40. The molecular formula is C25H22FN3O3S. The normalized spacial score (nSPS) is 12.7. The summed E-state index contributed by atoms with van der Waals surface area (Å²) in [5.74, 6) is -0.372. The van der Waals surface area contributed by atoms with Crippen LogP contribution in [-0.2, 0) is 4.79 Å². The van der Waals surface area contributed by atoms with Crippen LogP contribution in [0.3, 0.4) is 0 Å². The van der Waals surface area contributed by atoms with Crippen LogP contribution in [0.1, 0.15) is 25.8 Å². The van der Waals surface area contributed by atoms with E-state index in [0.717, 1.165) is 28.6 Å². The van der Waals surface area contributed by atoms with E-state index in [-0.39, 0.29) is 22.8 Å². The minimum Gasteiger partial charge on any atom is -0.478 e. The van der Waals surface area contributed by atoms with Crippen LogP contribution in [0.25, 0.3) is 11.1 Å². The van der Waals surface area contributed by atoms with Crippen molar-refractivity contribution in [1.29, 1.82) is 0 Å². The first kappa shape index (κ1) is 22.5. The van der Waals surface area contributed by atoms with Crippen LogP contribution in [-0.4, -0.2) is 21.4 Å². The van der Waals surface area contributed by atoms with Gasteiger partial charge >= 0.3 is 0 Å². The summed E-state index contributed by atoms with van der Waals surface area (Å²) in [6.45, 7) is 3.44. The minimum atomic E-state index is -0.648. The van der Waals surface area contributed by atoms with Gasteiger partial charge in [-0.1, -0.05) is 72.4 Å². The maximum Gasteiger partial charge on any atom is 0.277 e. The molecule has 0 unspecified atom stereocenters. The zero-order chi connectivity index (χ0) is 23.2. The van der Waals surface area contributed by atoms with E-state index in [9.17, 15) is 9.18 Å². The molecule has 0 aliphatic heterocycles. The maximum absolute atomic E-state index is 13.8. The minimum absolute atomic E-state index is 0.0993. The number of hydrogen-bond donors (Lipinski definition) is 1. The summed E-state index contributed by atoms with van der Waals surface area (Å²) in [7, 11) is 0. The highest BCUT2D eigenvalue weighted by atomic mass is 32.2. The van der Waals surface area contributed by atoms with Gasteiger partial charge in [0.2, 0.25) is 5.91 Å². The number of amides is 1. The van der Waals surface area contributed by atoms with Crippen molar-refractivity contribution in [3.8, 4) is 16.9 Å². The Bertz CT molecular complexity index is 1230. The number of benzene rings is 3. The molecule has 0 spiro atoms. The second-order valence-electron chi connectivity index (χ2n) is 7.26. The van der Waals surface area contributed by atoms with E-state index in [1.165, 1.54) is 12.1 Å². The summed E-state index contributed by atoms with van der Waals surface area (Å²) in [6.07, 6.45) is -0.648. The van der Waals surface area contributed by atoms with Gasteiger partial charge in [0.1, 0.15) is 0 Å². The summed E-state index contributed by atoms with van der Waals surface area (Å²) in [4.78, 5) is 12.8. The third-order valence-corrected chi connectivity index (χ3v) is 5.76. The van der Waals surface area contributed by atoms with Gasteiger partial charge in [-0.2, -0.15) is 0 Å². The molecule has 1 aromatic heterocycles. The van der Waals surface area contributed by atoms with Crippen molar-refractivity contribution >= 4 is 23.4 Å². The third kappa shape index (κ3) is 5.59. The van der Waals surface area contributed by atoms with Crippen LogP contribution in [0.5, 0.6) is 5.75 Å². The topological polar surface area (TPSA) is 77.2 Å². The number of anilines is 1.